The van der Waals surface area contributed by atoms with Gasteiger partial charge in [0.2, 0.25) is 5.13 Å². The molecule has 0 unspecified atom stereocenters. The fraction of sp³-hybridized carbons (Fsp3) is 0.400. The van der Waals surface area contributed by atoms with Gasteiger partial charge in [0.05, 0.1) is 24.1 Å². The maximum Gasteiger partial charge on any atom is 0.211 e. The lowest BCUT2D eigenvalue weighted by atomic mass is 10.2. The molecule has 1 saturated heterocycles. The summed E-state index contributed by atoms with van der Waals surface area (Å²) in [5.41, 5.74) is 2.66. The highest BCUT2D eigenvalue weighted by Crippen LogP contribution is 2.22. The minimum atomic E-state index is 0.332. The van der Waals surface area contributed by atoms with Crippen LogP contribution >= 0.6 is 11.3 Å². The van der Waals surface area contributed by atoms with E-state index < -0.39 is 0 Å². The van der Waals surface area contributed by atoms with Crippen molar-refractivity contribution in [2.75, 3.05) is 11.9 Å². The Morgan fingerprint density at radius 1 is 1.41 bits per heavy atom. The topological polar surface area (TPSA) is 75.6 Å². The third kappa shape index (κ3) is 2.40. The third-order valence-electron chi connectivity index (χ3n) is 2.67. The van der Waals surface area contributed by atoms with Crippen molar-refractivity contribution >= 4 is 22.3 Å². The molecule has 1 fully saturated rings. The zero-order valence-corrected chi connectivity index (χ0v) is 9.94. The zero-order valence-electron chi connectivity index (χ0n) is 9.13. The zero-order chi connectivity index (χ0) is 11.5. The molecule has 2 aromatic heterocycles. The fourth-order valence-electron chi connectivity index (χ4n) is 1.88. The van der Waals surface area contributed by atoms with E-state index in [1.54, 1.807) is 11.7 Å². The number of rotatable bonds is 3. The van der Waals surface area contributed by atoms with E-state index in [2.05, 4.69) is 30.8 Å². The van der Waals surface area contributed by atoms with E-state index in [-0.39, 0.29) is 0 Å². The number of hydrogen-bond donors (Lipinski definition) is 2. The molecule has 88 valence electrons. The van der Waals surface area contributed by atoms with Gasteiger partial charge in [0, 0.05) is 0 Å². The van der Waals surface area contributed by atoms with Gasteiger partial charge in [-0.3, -0.25) is 4.98 Å². The first-order valence-electron chi connectivity index (χ1n) is 5.50. The molecule has 3 heterocycles. The fourth-order valence-corrected chi connectivity index (χ4v) is 2.34. The third-order valence-corrected chi connectivity index (χ3v) is 3.27. The van der Waals surface area contributed by atoms with Crippen molar-refractivity contribution in [2.24, 2.45) is 0 Å². The monoisotopic (exact) mass is 248 g/mol. The van der Waals surface area contributed by atoms with E-state index in [1.807, 2.05) is 6.20 Å². The number of nitrogens with one attached hydrogen (secondary N) is 2. The van der Waals surface area contributed by atoms with Crippen molar-refractivity contribution in [1.82, 2.24) is 25.5 Å². The highest BCUT2D eigenvalue weighted by molar-refractivity contribution is 7.13. The van der Waals surface area contributed by atoms with E-state index in [1.165, 1.54) is 17.8 Å². The maximum absolute atomic E-state index is 4.53. The standard InChI is InChI=1S/C10H12N6S/c1-2-7(12-3-1)8-4-11-5-9(14-8)15-10-16-13-6-17-10/h4-7,12H,1-3H2,(H,14,15,16)/t7-/m0/s1. The Labute approximate surface area is 103 Å². The van der Waals surface area contributed by atoms with Crippen LogP contribution in [0.3, 0.4) is 0 Å². The van der Waals surface area contributed by atoms with Crippen molar-refractivity contribution in [2.45, 2.75) is 18.9 Å². The minimum Gasteiger partial charge on any atom is -0.313 e. The van der Waals surface area contributed by atoms with Crippen molar-refractivity contribution in [3.05, 3.63) is 23.6 Å². The van der Waals surface area contributed by atoms with Crippen LogP contribution in [0.1, 0.15) is 24.6 Å². The van der Waals surface area contributed by atoms with Crippen LogP contribution in [-0.4, -0.2) is 26.7 Å². The van der Waals surface area contributed by atoms with Crippen molar-refractivity contribution in [3.8, 4) is 0 Å². The summed E-state index contributed by atoms with van der Waals surface area (Å²) in [4.78, 5) is 8.73. The van der Waals surface area contributed by atoms with Crippen LogP contribution in [0, 0.1) is 0 Å². The summed E-state index contributed by atoms with van der Waals surface area (Å²) in [7, 11) is 0. The molecule has 0 saturated carbocycles. The van der Waals surface area contributed by atoms with Gasteiger partial charge in [-0.15, -0.1) is 10.2 Å². The predicted molar refractivity (Wildman–Crippen MR) is 65.2 cm³/mol. The van der Waals surface area contributed by atoms with E-state index in [9.17, 15) is 0 Å². The first-order chi connectivity index (χ1) is 8.42. The first-order valence-corrected chi connectivity index (χ1v) is 6.38. The molecule has 17 heavy (non-hydrogen) atoms. The smallest absolute Gasteiger partial charge is 0.211 e. The van der Waals surface area contributed by atoms with Gasteiger partial charge in [-0.2, -0.15) is 0 Å². The largest absolute Gasteiger partial charge is 0.313 e. The molecular formula is C10H12N6S. The average molecular weight is 248 g/mol. The van der Waals surface area contributed by atoms with E-state index in [4.69, 9.17) is 0 Å². The Kier molecular flexibility index (Phi) is 2.93. The molecule has 0 amide bonds. The number of aromatic nitrogens is 4. The molecule has 0 radical (unpaired) electrons. The van der Waals surface area contributed by atoms with Gasteiger partial charge in [-0.1, -0.05) is 11.3 Å². The van der Waals surface area contributed by atoms with Gasteiger partial charge in [-0.05, 0) is 19.4 Å². The molecule has 3 rings (SSSR count). The highest BCUT2D eigenvalue weighted by Gasteiger charge is 2.18. The maximum atomic E-state index is 4.53. The van der Waals surface area contributed by atoms with Crippen LogP contribution in [-0.2, 0) is 0 Å². The Morgan fingerprint density at radius 2 is 2.41 bits per heavy atom. The van der Waals surface area contributed by atoms with Gasteiger partial charge in [0.1, 0.15) is 5.51 Å². The Morgan fingerprint density at radius 3 is 3.18 bits per heavy atom. The molecule has 2 N–H and O–H groups in total. The molecule has 7 heteroatoms. The molecule has 0 aliphatic carbocycles. The summed E-state index contributed by atoms with van der Waals surface area (Å²) in [5.74, 6) is 0.716. The molecule has 1 aliphatic heterocycles. The van der Waals surface area contributed by atoms with Gasteiger partial charge in [0.15, 0.2) is 5.82 Å². The lowest BCUT2D eigenvalue weighted by Gasteiger charge is -2.10. The van der Waals surface area contributed by atoms with E-state index >= 15 is 0 Å². The second-order valence-corrected chi connectivity index (χ2v) is 4.68. The molecular weight excluding hydrogens is 236 g/mol. The van der Waals surface area contributed by atoms with Gasteiger partial charge in [0.25, 0.3) is 0 Å². The van der Waals surface area contributed by atoms with Crippen LogP contribution in [0.4, 0.5) is 10.9 Å². The summed E-state index contributed by atoms with van der Waals surface area (Å²) in [6.45, 7) is 1.06. The summed E-state index contributed by atoms with van der Waals surface area (Å²) < 4.78 is 0. The van der Waals surface area contributed by atoms with Crippen LogP contribution in [0.25, 0.3) is 0 Å². The Balaban J connectivity index is 1.78. The Bertz CT molecular complexity index is 479. The minimum absolute atomic E-state index is 0.332. The summed E-state index contributed by atoms with van der Waals surface area (Å²) in [6.07, 6.45) is 5.82. The number of nitrogens with zero attached hydrogens (tertiary/aromatic N) is 4. The van der Waals surface area contributed by atoms with Crippen molar-refractivity contribution < 1.29 is 0 Å². The predicted octanol–water partition coefficient (Wildman–Crippen LogP) is 1.50. The van der Waals surface area contributed by atoms with Crippen molar-refractivity contribution in [3.63, 3.8) is 0 Å². The quantitative estimate of drug-likeness (QED) is 0.857. The van der Waals surface area contributed by atoms with E-state index in [0.717, 1.165) is 23.8 Å². The molecule has 2 aromatic rings. The average Bonchev–Trinajstić information content (AvgIpc) is 3.01. The highest BCUT2D eigenvalue weighted by atomic mass is 32.1. The second-order valence-electron chi connectivity index (χ2n) is 3.85. The van der Waals surface area contributed by atoms with Gasteiger partial charge < -0.3 is 10.6 Å². The number of anilines is 2. The number of hydrogen-bond acceptors (Lipinski definition) is 7. The van der Waals surface area contributed by atoms with Crippen LogP contribution in [0.5, 0.6) is 0 Å². The van der Waals surface area contributed by atoms with Gasteiger partial charge in [-0.25, -0.2) is 4.98 Å². The Hall–Kier alpha value is -1.60. The van der Waals surface area contributed by atoms with Gasteiger partial charge >= 0.3 is 0 Å². The van der Waals surface area contributed by atoms with Crippen LogP contribution in [0.2, 0.25) is 0 Å². The first kappa shape index (κ1) is 10.5. The molecule has 6 nitrogen and oxygen atoms in total. The lowest BCUT2D eigenvalue weighted by Crippen LogP contribution is -2.15. The molecule has 0 spiro atoms. The molecule has 1 atom stereocenters. The summed E-state index contributed by atoms with van der Waals surface area (Å²) >= 11 is 1.44. The van der Waals surface area contributed by atoms with E-state index in [0.29, 0.717) is 11.9 Å². The molecule has 0 bridgehead atoms. The molecule has 1 aliphatic rings. The van der Waals surface area contributed by atoms with Crippen LogP contribution in [0.15, 0.2) is 17.9 Å². The lowest BCUT2D eigenvalue weighted by molar-refractivity contribution is 0.625. The van der Waals surface area contributed by atoms with Crippen LogP contribution < -0.4 is 10.6 Å². The summed E-state index contributed by atoms with van der Waals surface area (Å²) in [5, 5.41) is 14.9. The SMILES string of the molecule is c1nnc(Nc2cncc([C@@H]3CCCN3)n2)s1. The summed E-state index contributed by atoms with van der Waals surface area (Å²) in [6, 6.07) is 0.332. The normalized spacial score (nSPS) is 19.4. The molecule has 0 aromatic carbocycles. The van der Waals surface area contributed by atoms with Crippen molar-refractivity contribution in [1.29, 1.82) is 0 Å². The second kappa shape index (κ2) is 4.72.